The van der Waals surface area contributed by atoms with Gasteiger partial charge in [-0.25, -0.2) is 9.97 Å². The van der Waals surface area contributed by atoms with E-state index in [1.807, 2.05) is 12.4 Å². The number of pyridine rings is 2. The van der Waals surface area contributed by atoms with Crippen molar-refractivity contribution < 1.29 is 9.59 Å². The molecule has 0 saturated carbocycles. The number of nitrogens with zero attached hydrogens (tertiary/aromatic N) is 5. The van der Waals surface area contributed by atoms with Crippen LogP contribution in [0, 0.1) is 5.92 Å². The molecule has 3 aromatic heterocycles. The van der Waals surface area contributed by atoms with Gasteiger partial charge in [0.15, 0.2) is 0 Å². The summed E-state index contributed by atoms with van der Waals surface area (Å²) in [4.78, 5) is 44.4. The van der Waals surface area contributed by atoms with Crippen LogP contribution in [0.5, 0.6) is 0 Å². The molecule has 10 heteroatoms. The Bertz CT molecular complexity index is 1880. The maximum atomic E-state index is 11.9. The predicted octanol–water partition coefficient (Wildman–Crippen LogP) is 5.57. The lowest BCUT2D eigenvalue weighted by atomic mass is 9.97. The molecule has 2 fully saturated rings. The van der Waals surface area contributed by atoms with Gasteiger partial charge in [0.25, 0.3) is 11.1 Å². The zero-order valence-corrected chi connectivity index (χ0v) is 24.2. The van der Waals surface area contributed by atoms with E-state index in [1.165, 1.54) is 10.8 Å². The molecule has 2 aliphatic heterocycles. The van der Waals surface area contributed by atoms with Crippen molar-refractivity contribution in [3.63, 3.8) is 0 Å². The zero-order chi connectivity index (χ0) is 29.2. The summed E-state index contributed by atoms with van der Waals surface area (Å²) in [6, 6.07) is 20.7. The van der Waals surface area contributed by atoms with Crippen molar-refractivity contribution >= 4 is 56.5 Å². The zero-order valence-electron chi connectivity index (χ0n) is 23.4. The predicted molar refractivity (Wildman–Crippen MR) is 170 cm³/mol. The molecule has 0 bridgehead atoms. The molecule has 5 heterocycles. The number of piperidine rings is 1. The van der Waals surface area contributed by atoms with E-state index in [9.17, 15) is 9.59 Å². The highest BCUT2D eigenvalue weighted by Crippen LogP contribution is 2.31. The van der Waals surface area contributed by atoms with Crippen LogP contribution in [0.2, 0.25) is 0 Å². The highest BCUT2D eigenvalue weighted by molar-refractivity contribution is 8.18. The van der Waals surface area contributed by atoms with Crippen molar-refractivity contribution in [3.05, 3.63) is 95.5 Å². The number of amides is 2. The summed E-state index contributed by atoms with van der Waals surface area (Å²) in [6.07, 6.45) is 9.10. The molecule has 0 radical (unpaired) electrons. The quantitative estimate of drug-likeness (QED) is 0.236. The minimum absolute atomic E-state index is 0.349. The van der Waals surface area contributed by atoms with E-state index in [1.54, 1.807) is 18.3 Å². The molecule has 5 aromatic rings. The van der Waals surface area contributed by atoms with E-state index in [0.717, 1.165) is 72.0 Å². The van der Waals surface area contributed by atoms with Gasteiger partial charge < -0.3 is 10.2 Å². The van der Waals surface area contributed by atoms with Crippen molar-refractivity contribution in [2.75, 3.05) is 24.5 Å². The summed E-state index contributed by atoms with van der Waals surface area (Å²) in [5, 5.41) is 10.2. The van der Waals surface area contributed by atoms with Crippen LogP contribution in [0.4, 0.5) is 10.7 Å². The van der Waals surface area contributed by atoms with Crippen molar-refractivity contribution in [2.24, 2.45) is 5.92 Å². The average molecular weight is 588 g/mol. The number of imide groups is 1. The van der Waals surface area contributed by atoms with E-state index >= 15 is 0 Å². The third-order valence-electron chi connectivity index (χ3n) is 7.98. The number of carbonyl (C=O) groups is 2. The van der Waals surface area contributed by atoms with Crippen molar-refractivity contribution in [1.82, 2.24) is 30.6 Å². The molecule has 0 unspecified atom stereocenters. The van der Waals surface area contributed by atoms with E-state index in [-0.39, 0.29) is 11.1 Å². The number of nitrogens with one attached hydrogen (secondary N) is 2. The maximum Gasteiger partial charge on any atom is 0.290 e. The molecule has 0 atom stereocenters. The smallest absolute Gasteiger partial charge is 0.290 e. The monoisotopic (exact) mass is 587 g/mol. The third kappa shape index (κ3) is 5.84. The highest BCUT2D eigenvalue weighted by atomic mass is 32.2. The van der Waals surface area contributed by atoms with Gasteiger partial charge in [-0.05, 0) is 72.1 Å². The van der Waals surface area contributed by atoms with Crippen LogP contribution in [0.3, 0.4) is 0 Å². The van der Waals surface area contributed by atoms with E-state index < -0.39 is 0 Å². The molecule has 7 rings (SSSR count). The number of hydrogen-bond acceptors (Lipinski definition) is 9. The number of thioether (sulfide) groups is 1. The van der Waals surface area contributed by atoms with E-state index in [4.69, 9.17) is 4.98 Å². The van der Waals surface area contributed by atoms with Crippen LogP contribution >= 0.6 is 11.8 Å². The number of carbonyl (C=O) groups excluding carboxylic acids is 2. The summed E-state index contributed by atoms with van der Waals surface area (Å²) in [6.45, 7) is 3.30. The first kappa shape index (κ1) is 27.2. The van der Waals surface area contributed by atoms with Crippen LogP contribution < -0.4 is 15.5 Å². The molecular weight excluding hydrogens is 558 g/mol. The molecule has 2 amide bonds. The van der Waals surface area contributed by atoms with Gasteiger partial charge >= 0.3 is 0 Å². The largest absolute Gasteiger partial charge is 0.341 e. The second kappa shape index (κ2) is 11.9. The van der Waals surface area contributed by atoms with Gasteiger partial charge in [0.1, 0.15) is 0 Å². The summed E-state index contributed by atoms with van der Waals surface area (Å²) >= 11 is 0.890. The molecular formula is C33H29N7O2S. The molecule has 2 aromatic carbocycles. The van der Waals surface area contributed by atoms with E-state index in [0.29, 0.717) is 29.0 Å². The second-order valence-corrected chi connectivity index (χ2v) is 11.8. The first-order chi connectivity index (χ1) is 21.1. The minimum Gasteiger partial charge on any atom is -0.341 e. The van der Waals surface area contributed by atoms with Gasteiger partial charge in [0.2, 0.25) is 5.95 Å². The molecule has 2 saturated heterocycles. The topological polar surface area (TPSA) is 113 Å². The Morgan fingerprint density at radius 3 is 2.67 bits per heavy atom. The number of fused-ring (bicyclic) bond motifs is 2. The summed E-state index contributed by atoms with van der Waals surface area (Å²) in [5.41, 5.74) is 3.74. The Labute approximate surface area is 252 Å². The molecule has 0 aliphatic carbocycles. The Morgan fingerprint density at radius 2 is 1.81 bits per heavy atom. The van der Waals surface area contributed by atoms with Gasteiger partial charge in [-0.2, -0.15) is 0 Å². The third-order valence-corrected chi connectivity index (χ3v) is 8.79. The molecule has 43 heavy (non-hydrogen) atoms. The number of hydrogen-bond donors (Lipinski definition) is 2. The van der Waals surface area contributed by atoms with Crippen molar-refractivity contribution in [1.29, 1.82) is 0 Å². The highest BCUT2D eigenvalue weighted by Gasteiger charge is 2.26. The lowest BCUT2D eigenvalue weighted by Gasteiger charge is -2.32. The summed E-state index contributed by atoms with van der Waals surface area (Å²) < 4.78 is 0. The molecule has 2 aliphatic rings. The van der Waals surface area contributed by atoms with Gasteiger partial charge in [-0.15, -0.1) is 0 Å². The number of benzene rings is 2. The van der Waals surface area contributed by atoms with Gasteiger partial charge in [0.05, 0.1) is 22.0 Å². The maximum absolute atomic E-state index is 11.9. The summed E-state index contributed by atoms with van der Waals surface area (Å²) in [7, 11) is 0. The first-order valence-corrected chi connectivity index (χ1v) is 15.2. The van der Waals surface area contributed by atoms with Crippen molar-refractivity contribution in [3.8, 4) is 11.3 Å². The number of anilines is 1. The Balaban J connectivity index is 1.01. The fourth-order valence-electron chi connectivity index (χ4n) is 5.77. The molecule has 214 valence electrons. The Hall–Kier alpha value is -4.67. The Morgan fingerprint density at radius 1 is 0.953 bits per heavy atom. The van der Waals surface area contributed by atoms with Gasteiger partial charge in [0, 0.05) is 54.6 Å². The lowest BCUT2D eigenvalue weighted by molar-refractivity contribution is -0.115. The minimum atomic E-state index is -0.385. The molecule has 9 nitrogen and oxygen atoms in total. The van der Waals surface area contributed by atoms with Gasteiger partial charge in [-0.3, -0.25) is 24.9 Å². The molecule has 0 spiro atoms. The normalized spacial score (nSPS) is 16.8. The first-order valence-electron chi connectivity index (χ1n) is 14.4. The second-order valence-electron chi connectivity index (χ2n) is 10.8. The fourth-order valence-corrected chi connectivity index (χ4v) is 6.44. The standard InChI is InChI=1S/C33H29N7O2S/c41-31-30(43-33(42)39-31)17-24-8-13-36-32(37-24)40-14-10-21(11-15-40)18-35-20-29-26-6-2-1-4-22(26)16-28(38-29)27-7-3-5-23-19-34-12-9-25(23)27/h1-9,12-13,16-17,19,21,35H,10-11,14-15,18,20H2,(H,39,41,42)/b30-17-. The van der Waals surface area contributed by atoms with Crippen LogP contribution in [0.1, 0.15) is 24.2 Å². The van der Waals surface area contributed by atoms with Crippen LogP contribution in [0.25, 0.3) is 38.9 Å². The van der Waals surface area contributed by atoms with Crippen LogP contribution in [-0.2, 0) is 11.3 Å². The summed E-state index contributed by atoms with van der Waals surface area (Å²) in [5.74, 6) is 0.794. The van der Waals surface area contributed by atoms with Crippen molar-refractivity contribution in [2.45, 2.75) is 19.4 Å². The van der Waals surface area contributed by atoms with E-state index in [2.05, 4.69) is 85.1 Å². The Kier molecular flexibility index (Phi) is 7.53. The number of rotatable bonds is 7. The van der Waals surface area contributed by atoms with Gasteiger partial charge in [-0.1, -0.05) is 42.5 Å². The fraction of sp³-hybridized carbons (Fsp3) is 0.212. The van der Waals surface area contributed by atoms with Crippen LogP contribution in [0.15, 0.2) is 84.2 Å². The lowest BCUT2D eigenvalue weighted by Crippen LogP contribution is -2.38. The molecule has 2 N–H and O–H groups in total. The van der Waals surface area contributed by atoms with Crippen LogP contribution in [-0.4, -0.2) is 50.7 Å². The SMILES string of the molecule is O=C1NC(=O)/C(=C/c2ccnc(N3CCC(CNCc4nc(-c5cccc6cnccc56)cc5ccccc45)CC3)n2)S1. The number of aromatic nitrogens is 4. The average Bonchev–Trinajstić information content (AvgIpc) is 3.36.